The van der Waals surface area contributed by atoms with Crippen molar-refractivity contribution >= 4 is 22.7 Å². The van der Waals surface area contributed by atoms with Gasteiger partial charge < -0.3 is 23.9 Å². The number of hydrogen-bond donors (Lipinski definition) is 1. The summed E-state index contributed by atoms with van der Waals surface area (Å²) in [5.41, 5.74) is 2.35. The van der Waals surface area contributed by atoms with Crippen molar-refractivity contribution in [3.63, 3.8) is 0 Å². The molecule has 4 aromatic rings. The molecule has 1 N–H and O–H groups in total. The van der Waals surface area contributed by atoms with E-state index in [2.05, 4.69) is 32.4 Å². The third-order valence-corrected chi connectivity index (χ3v) is 5.58. The zero-order chi connectivity index (χ0) is 22.1. The minimum Gasteiger partial charge on any atom is -0.474 e. The number of furan rings is 1. The smallest absolute Gasteiger partial charge is 0.259 e. The molecule has 5 heterocycles. The SMILES string of the molecule is Cc1noc2nc(-c3ccco3)cc(C(=O)Nc3ccnc(OC4CCN(C)CC4)c3)c12. The van der Waals surface area contributed by atoms with Crippen LogP contribution in [0.2, 0.25) is 0 Å². The summed E-state index contributed by atoms with van der Waals surface area (Å²) in [5, 5.41) is 7.47. The number of carbonyl (C=O) groups excluding carboxylic acids is 1. The third-order valence-electron chi connectivity index (χ3n) is 5.58. The Kier molecular flexibility index (Phi) is 5.32. The highest BCUT2D eigenvalue weighted by atomic mass is 16.5. The Morgan fingerprint density at radius 2 is 2.09 bits per heavy atom. The fraction of sp³-hybridized carbons (Fsp3) is 0.304. The summed E-state index contributed by atoms with van der Waals surface area (Å²) in [5.74, 6) is 0.718. The average Bonchev–Trinajstić information content (AvgIpc) is 3.45. The van der Waals surface area contributed by atoms with Crippen LogP contribution < -0.4 is 10.1 Å². The van der Waals surface area contributed by atoms with E-state index >= 15 is 0 Å². The molecule has 0 saturated carbocycles. The number of anilines is 1. The van der Waals surface area contributed by atoms with E-state index in [1.165, 1.54) is 0 Å². The van der Waals surface area contributed by atoms with Crippen LogP contribution in [-0.2, 0) is 0 Å². The molecular weight excluding hydrogens is 410 g/mol. The van der Waals surface area contributed by atoms with Gasteiger partial charge in [-0.25, -0.2) is 9.97 Å². The van der Waals surface area contributed by atoms with Crippen molar-refractivity contribution in [2.45, 2.75) is 25.9 Å². The summed E-state index contributed by atoms with van der Waals surface area (Å²) in [6.07, 6.45) is 5.20. The van der Waals surface area contributed by atoms with Gasteiger partial charge in [-0.05, 0) is 51.1 Å². The molecule has 5 rings (SSSR count). The Hall–Kier alpha value is -3.72. The molecule has 0 atom stereocenters. The predicted molar refractivity (Wildman–Crippen MR) is 118 cm³/mol. The third kappa shape index (κ3) is 4.06. The van der Waals surface area contributed by atoms with Gasteiger partial charge in [-0.1, -0.05) is 5.16 Å². The van der Waals surface area contributed by atoms with Gasteiger partial charge in [0.2, 0.25) is 5.88 Å². The molecule has 1 fully saturated rings. The highest BCUT2D eigenvalue weighted by molar-refractivity contribution is 6.13. The molecule has 1 saturated heterocycles. The van der Waals surface area contributed by atoms with Crippen LogP contribution in [0.25, 0.3) is 22.6 Å². The highest BCUT2D eigenvalue weighted by Crippen LogP contribution is 2.28. The van der Waals surface area contributed by atoms with E-state index in [9.17, 15) is 4.79 Å². The Morgan fingerprint density at radius 3 is 2.88 bits per heavy atom. The van der Waals surface area contributed by atoms with E-state index in [4.69, 9.17) is 13.7 Å². The van der Waals surface area contributed by atoms with Crippen LogP contribution in [0.5, 0.6) is 5.88 Å². The molecule has 9 nitrogen and oxygen atoms in total. The molecule has 0 aliphatic carbocycles. The molecule has 32 heavy (non-hydrogen) atoms. The molecule has 9 heteroatoms. The molecule has 0 bridgehead atoms. The summed E-state index contributed by atoms with van der Waals surface area (Å²) < 4.78 is 16.8. The molecule has 164 valence electrons. The molecule has 4 aromatic heterocycles. The van der Waals surface area contributed by atoms with E-state index in [1.54, 1.807) is 49.7 Å². The molecular formula is C23H23N5O4. The number of aromatic nitrogens is 3. The van der Waals surface area contributed by atoms with Gasteiger partial charge >= 0.3 is 0 Å². The average molecular weight is 433 g/mol. The van der Waals surface area contributed by atoms with Crippen molar-refractivity contribution in [3.05, 3.63) is 54.0 Å². The van der Waals surface area contributed by atoms with Gasteiger partial charge in [-0.2, -0.15) is 0 Å². The first-order valence-corrected chi connectivity index (χ1v) is 10.5. The Bertz CT molecular complexity index is 1240. The first-order valence-electron chi connectivity index (χ1n) is 10.5. The number of rotatable bonds is 5. The first kappa shape index (κ1) is 20.2. The fourth-order valence-corrected chi connectivity index (χ4v) is 3.85. The standard InChI is InChI=1S/C23H23N5O4/c1-14-21-17(13-18(19-4-3-11-30-19)26-23(21)32-27-14)22(29)25-15-5-8-24-20(12-15)31-16-6-9-28(2)10-7-16/h3-5,8,11-13,16H,6-7,9-10H2,1-2H3,(H,24,25,29). The largest absolute Gasteiger partial charge is 0.474 e. The van der Waals surface area contributed by atoms with Crippen LogP contribution in [-0.4, -0.2) is 52.2 Å². The molecule has 1 aliphatic heterocycles. The van der Waals surface area contributed by atoms with Crippen molar-refractivity contribution in [1.29, 1.82) is 0 Å². The number of amides is 1. The molecule has 1 aliphatic rings. The highest BCUT2D eigenvalue weighted by Gasteiger charge is 2.21. The summed E-state index contributed by atoms with van der Waals surface area (Å²) in [4.78, 5) is 24.3. The van der Waals surface area contributed by atoms with Crippen molar-refractivity contribution in [1.82, 2.24) is 20.0 Å². The summed E-state index contributed by atoms with van der Waals surface area (Å²) >= 11 is 0. The van der Waals surface area contributed by atoms with E-state index in [0.29, 0.717) is 39.7 Å². The molecule has 0 aromatic carbocycles. The molecule has 0 radical (unpaired) electrons. The predicted octanol–water partition coefficient (Wildman–Crippen LogP) is 3.91. The maximum atomic E-state index is 13.2. The minimum absolute atomic E-state index is 0.125. The number of fused-ring (bicyclic) bond motifs is 1. The monoisotopic (exact) mass is 433 g/mol. The number of hydrogen-bond acceptors (Lipinski definition) is 8. The van der Waals surface area contributed by atoms with Gasteiger partial charge in [0.05, 0.1) is 22.9 Å². The van der Waals surface area contributed by atoms with Crippen molar-refractivity contribution in [3.8, 4) is 17.3 Å². The fourth-order valence-electron chi connectivity index (χ4n) is 3.85. The second-order valence-corrected chi connectivity index (χ2v) is 7.94. The van der Waals surface area contributed by atoms with Gasteiger partial charge in [-0.3, -0.25) is 4.79 Å². The summed E-state index contributed by atoms with van der Waals surface area (Å²) in [7, 11) is 2.11. The van der Waals surface area contributed by atoms with Crippen LogP contribution in [0.1, 0.15) is 28.9 Å². The lowest BCUT2D eigenvalue weighted by molar-refractivity contribution is 0.102. The molecule has 1 amide bonds. The lowest BCUT2D eigenvalue weighted by atomic mass is 10.1. The topological polar surface area (TPSA) is 107 Å². The Morgan fingerprint density at radius 1 is 1.25 bits per heavy atom. The lowest BCUT2D eigenvalue weighted by Crippen LogP contribution is -2.35. The Balaban J connectivity index is 1.40. The van der Waals surface area contributed by atoms with Crippen LogP contribution >= 0.6 is 0 Å². The number of nitrogens with zero attached hydrogens (tertiary/aromatic N) is 4. The van der Waals surface area contributed by atoms with Crippen LogP contribution in [0.15, 0.2) is 51.7 Å². The van der Waals surface area contributed by atoms with Crippen LogP contribution in [0, 0.1) is 6.92 Å². The van der Waals surface area contributed by atoms with E-state index < -0.39 is 0 Å². The normalized spacial score (nSPS) is 15.2. The Labute approximate surface area is 184 Å². The minimum atomic E-state index is -0.312. The molecule has 0 spiro atoms. The maximum absolute atomic E-state index is 13.2. The van der Waals surface area contributed by atoms with Crippen LogP contribution in [0.3, 0.4) is 0 Å². The zero-order valence-corrected chi connectivity index (χ0v) is 17.9. The van der Waals surface area contributed by atoms with E-state index in [1.807, 2.05) is 0 Å². The second kappa shape index (κ2) is 8.43. The first-order chi connectivity index (χ1) is 15.6. The summed E-state index contributed by atoms with van der Waals surface area (Å²) in [6, 6.07) is 8.68. The van der Waals surface area contributed by atoms with Gasteiger partial charge in [0.25, 0.3) is 11.6 Å². The number of ether oxygens (including phenoxy) is 1. The molecule has 0 unspecified atom stereocenters. The number of pyridine rings is 2. The number of piperidine rings is 1. The van der Waals surface area contributed by atoms with Crippen LogP contribution in [0.4, 0.5) is 5.69 Å². The van der Waals surface area contributed by atoms with Gasteiger partial charge in [0, 0.05) is 31.0 Å². The number of likely N-dealkylation sites (tertiary alicyclic amines) is 1. The van der Waals surface area contributed by atoms with Crippen molar-refractivity contribution in [2.24, 2.45) is 0 Å². The van der Waals surface area contributed by atoms with Gasteiger partial charge in [0.1, 0.15) is 11.8 Å². The quantitative estimate of drug-likeness (QED) is 0.505. The van der Waals surface area contributed by atoms with E-state index in [0.717, 1.165) is 25.9 Å². The second-order valence-electron chi connectivity index (χ2n) is 7.94. The van der Waals surface area contributed by atoms with Gasteiger partial charge in [0.15, 0.2) is 5.76 Å². The van der Waals surface area contributed by atoms with E-state index in [-0.39, 0.29) is 17.7 Å². The summed E-state index contributed by atoms with van der Waals surface area (Å²) in [6.45, 7) is 3.77. The number of carbonyl (C=O) groups is 1. The van der Waals surface area contributed by atoms with Crippen molar-refractivity contribution < 1.29 is 18.5 Å². The zero-order valence-electron chi connectivity index (χ0n) is 17.9. The maximum Gasteiger partial charge on any atom is 0.259 e. The number of aryl methyl sites for hydroxylation is 1. The number of nitrogens with one attached hydrogen (secondary N) is 1. The van der Waals surface area contributed by atoms with Crippen molar-refractivity contribution in [2.75, 3.05) is 25.5 Å². The van der Waals surface area contributed by atoms with Gasteiger partial charge in [-0.15, -0.1) is 0 Å². The lowest BCUT2D eigenvalue weighted by Gasteiger charge is -2.28.